The number of allylic oxidation sites excluding steroid dienone is 1. The van der Waals surface area contributed by atoms with Gasteiger partial charge in [-0.1, -0.05) is 38.8 Å². The molecule has 3 nitrogen and oxygen atoms in total. The van der Waals surface area contributed by atoms with Crippen molar-refractivity contribution in [1.82, 2.24) is 0 Å². The molecule has 0 unspecified atom stereocenters. The Kier molecular flexibility index (Phi) is 7.69. The van der Waals surface area contributed by atoms with Crippen LogP contribution in [0.15, 0.2) is 11.6 Å². The number of carbonyl (C=O) groups is 1. The topological polar surface area (TPSA) is 35.5 Å². The van der Waals surface area contributed by atoms with E-state index in [1.165, 1.54) is 12.0 Å². The number of hydrogen-bond acceptors (Lipinski definition) is 3. The third kappa shape index (κ3) is 5.54. The van der Waals surface area contributed by atoms with Crippen molar-refractivity contribution in [2.24, 2.45) is 11.8 Å². The van der Waals surface area contributed by atoms with Crippen LogP contribution in [0.1, 0.15) is 53.4 Å². The molecule has 1 fully saturated rings. The molecule has 134 valence electrons. The molecule has 0 heterocycles. The molecule has 0 aromatic heterocycles. The van der Waals surface area contributed by atoms with Crippen LogP contribution in [0.4, 0.5) is 0 Å². The Bertz CT molecular complexity index is 409. The number of rotatable bonds is 7. The van der Waals surface area contributed by atoms with Crippen LogP contribution in [-0.2, 0) is 14.0 Å². The third-order valence-electron chi connectivity index (χ3n) is 5.91. The van der Waals surface area contributed by atoms with E-state index < -0.39 is 8.32 Å². The van der Waals surface area contributed by atoms with E-state index in [-0.39, 0.29) is 11.1 Å². The predicted molar refractivity (Wildman–Crippen MR) is 99.2 cm³/mol. The number of carbonyl (C=O) groups excluding carboxylic acids is 1. The summed E-state index contributed by atoms with van der Waals surface area (Å²) < 4.78 is 11.9. The molecule has 0 aromatic rings. The fourth-order valence-corrected chi connectivity index (χ4v) is 4.19. The Morgan fingerprint density at radius 2 is 1.91 bits per heavy atom. The maximum atomic E-state index is 11.1. The molecule has 0 N–H and O–H groups in total. The summed E-state index contributed by atoms with van der Waals surface area (Å²) in [6.07, 6.45) is 7.49. The molecule has 1 aliphatic carbocycles. The van der Waals surface area contributed by atoms with Crippen molar-refractivity contribution in [3.8, 4) is 0 Å². The second-order valence-electron chi connectivity index (χ2n) is 8.40. The van der Waals surface area contributed by atoms with Gasteiger partial charge in [0.25, 0.3) is 0 Å². The minimum atomic E-state index is -1.70. The summed E-state index contributed by atoms with van der Waals surface area (Å²) >= 11 is 0. The van der Waals surface area contributed by atoms with Gasteiger partial charge in [0.2, 0.25) is 0 Å². The molecule has 0 radical (unpaired) electrons. The molecule has 1 aliphatic rings. The van der Waals surface area contributed by atoms with Gasteiger partial charge in [-0.15, -0.1) is 0 Å². The highest BCUT2D eigenvalue weighted by Crippen LogP contribution is 2.39. The highest BCUT2D eigenvalue weighted by atomic mass is 28.4. The van der Waals surface area contributed by atoms with E-state index >= 15 is 0 Å². The first-order chi connectivity index (χ1) is 10.6. The fourth-order valence-electron chi connectivity index (χ4n) is 3.26. The zero-order chi connectivity index (χ0) is 17.7. The number of methoxy groups -OCH3 is 1. The van der Waals surface area contributed by atoms with Crippen molar-refractivity contribution in [2.45, 2.75) is 77.6 Å². The molecule has 0 aromatic carbocycles. The zero-order valence-electron chi connectivity index (χ0n) is 16.1. The summed E-state index contributed by atoms with van der Waals surface area (Å²) in [6.45, 7) is 14.2. The smallest absolute Gasteiger partial charge is 0.192 e. The molecule has 0 aliphatic heterocycles. The van der Waals surface area contributed by atoms with E-state index in [1.54, 1.807) is 7.11 Å². The van der Waals surface area contributed by atoms with Crippen LogP contribution in [-0.4, -0.2) is 34.4 Å². The first-order valence-electron chi connectivity index (χ1n) is 8.91. The van der Waals surface area contributed by atoms with Crippen LogP contribution < -0.4 is 0 Å². The van der Waals surface area contributed by atoms with E-state index in [4.69, 9.17) is 9.16 Å². The summed E-state index contributed by atoms with van der Waals surface area (Å²) in [7, 11) is 0.0691. The van der Waals surface area contributed by atoms with E-state index in [2.05, 4.69) is 46.9 Å². The molecule has 0 bridgehead atoms. The maximum Gasteiger partial charge on any atom is 0.192 e. The van der Waals surface area contributed by atoms with Crippen molar-refractivity contribution in [1.29, 1.82) is 0 Å². The molecular weight excluding hydrogens is 304 g/mol. The lowest BCUT2D eigenvalue weighted by molar-refractivity contribution is -0.111. The Morgan fingerprint density at radius 1 is 1.26 bits per heavy atom. The molecule has 0 amide bonds. The van der Waals surface area contributed by atoms with Crippen LogP contribution in [0.3, 0.4) is 0 Å². The van der Waals surface area contributed by atoms with Gasteiger partial charge in [0.05, 0.1) is 12.7 Å². The molecule has 4 heteroatoms. The van der Waals surface area contributed by atoms with Gasteiger partial charge in [0, 0.05) is 13.5 Å². The minimum absolute atomic E-state index is 0.212. The maximum absolute atomic E-state index is 11.1. The average molecular weight is 341 g/mol. The van der Waals surface area contributed by atoms with Crippen molar-refractivity contribution in [3.05, 3.63) is 11.6 Å². The highest BCUT2D eigenvalue weighted by Gasteiger charge is 2.37. The fraction of sp³-hybridized carbons (Fsp3) is 0.842. The standard InChI is InChI=1S/C19H36O3Si/c1-15(12-14-22-23(6,7)19(2,3)4)16-9-8-10-18(21-5)17(16)11-13-20/h12-13,16-18H,8-11,14H2,1-7H3/b15-12+/t16-,17-,18+/m0/s1. The quantitative estimate of drug-likeness (QED) is 0.373. The second-order valence-corrected chi connectivity index (χ2v) is 13.2. The van der Waals surface area contributed by atoms with Gasteiger partial charge in [-0.2, -0.15) is 0 Å². The monoisotopic (exact) mass is 340 g/mol. The van der Waals surface area contributed by atoms with Crippen LogP contribution >= 0.6 is 0 Å². The largest absolute Gasteiger partial charge is 0.413 e. The average Bonchev–Trinajstić information content (AvgIpc) is 2.46. The van der Waals surface area contributed by atoms with Crippen molar-refractivity contribution < 1.29 is 14.0 Å². The van der Waals surface area contributed by atoms with Gasteiger partial charge in [-0.05, 0) is 49.7 Å². The minimum Gasteiger partial charge on any atom is -0.413 e. The SMILES string of the molecule is CO[C@@H]1CCC[C@@H](/C(C)=C/CO[Si](C)(C)C(C)(C)C)[C@@H]1CC=O. The molecule has 0 spiro atoms. The number of hydrogen-bond donors (Lipinski definition) is 0. The summed E-state index contributed by atoms with van der Waals surface area (Å²) in [5.41, 5.74) is 1.36. The molecule has 3 atom stereocenters. The van der Waals surface area contributed by atoms with Crippen molar-refractivity contribution >= 4 is 14.6 Å². The Morgan fingerprint density at radius 3 is 2.43 bits per heavy atom. The van der Waals surface area contributed by atoms with Gasteiger partial charge in [0.1, 0.15) is 6.29 Å². The van der Waals surface area contributed by atoms with Crippen molar-refractivity contribution in [2.75, 3.05) is 13.7 Å². The lowest BCUT2D eigenvalue weighted by Crippen LogP contribution is -2.40. The zero-order valence-corrected chi connectivity index (χ0v) is 17.1. The molecule has 23 heavy (non-hydrogen) atoms. The van der Waals surface area contributed by atoms with Crippen molar-refractivity contribution in [3.63, 3.8) is 0 Å². The second kappa shape index (κ2) is 8.59. The van der Waals surface area contributed by atoms with Crippen LogP contribution in [0.2, 0.25) is 18.1 Å². The predicted octanol–water partition coefficient (Wildman–Crippen LogP) is 4.97. The lowest BCUT2D eigenvalue weighted by atomic mass is 9.72. The van der Waals surface area contributed by atoms with Gasteiger partial charge in [0.15, 0.2) is 8.32 Å². The van der Waals surface area contributed by atoms with E-state index in [9.17, 15) is 4.79 Å². The van der Waals surface area contributed by atoms with E-state index in [1.807, 2.05) is 0 Å². The third-order valence-corrected chi connectivity index (χ3v) is 10.4. The Balaban J connectivity index is 2.73. The summed E-state index contributed by atoms with van der Waals surface area (Å²) in [6, 6.07) is 0. The molecular formula is C19H36O3Si. The Hall–Kier alpha value is -0.453. The van der Waals surface area contributed by atoms with E-state index in [0.717, 1.165) is 19.1 Å². The summed E-state index contributed by atoms with van der Waals surface area (Å²) in [4.78, 5) is 11.1. The summed E-state index contributed by atoms with van der Waals surface area (Å²) in [5, 5.41) is 0.237. The van der Waals surface area contributed by atoms with Crippen LogP contribution in [0.25, 0.3) is 0 Å². The highest BCUT2D eigenvalue weighted by molar-refractivity contribution is 6.74. The Labute approximate surface area is 144 Å². The van der Waals surface area contributed by atoms with E-state index in [0.29, 0.717) is 24.9 Å². The molecule has 0 saturated heterocycles. The van der Waals surface area contributed by atoms with Gasteiger partial charge in [-0.25, -0.2) is 0 Å². The summed E-state index contributed by atoms with van der Waals surface area (Å²) in [5.74, 6) is 0.761. The van der Waals surface area contributed by atoms with Gasteiger partial charge < -0.3 is 14.0 Å². The molecule has 1 saturated carbocycles. The molecule has 1 rings (SSSR count). The lowest BCUT2D eigenvalue weighted by Gasteiger charge is -2.38. The first kappa shape index (κ1) is 20.6. The first-order valence-corrected chi connectivity index (χ1v) is 11.8. The number of ether oxygens (including phenoxy) is 1. The van der Waals surface area contributed by atoms with Gasteiger partial charge in [-0.3, -0.25) is 0 Å². The van der Waals surface area contributed by atoms with Gasteiger partial charge >= 0.3 is 0 Å². The normalized spacial score (nSPS) is 27.1. The van der Waals surface area contributed by atoms with Crippen LogP contribution in [0, 0.1) is 11.8 Å². The van der Waals surface area contributed by atoms with Crippen LogP contribution in [0.5, 0.6) is 0 Å². The number of aldehydes is 1.